The molecule has 0 unspecified atom stereocenters. The van der Waals surface area contributed by atoms with E-state index in [4.69, 9.17) is 9.47 Å². The Labute approximate surface area is 121 Å². The summed E-state index contributed by atoms with van der Waals surface area (Å²) in [4.78, 5) is 11.7. The Balaban J connectivity index is 2.34. The number of rotatable bonds is 5. The summed E-state index contributed by atoms with van der Waals surface area (Å²) in [6.07, 6.45) is -0.509. The van der Waals surface area contributed by atoms with Gasteiger partial charge in [0.05, 0.1) is 17.7 Å². The molecule has 20 heavy (non-hydrogen) atoms. The maximum Gasteiger partial charge on any atom is 0.407 e. The smallest absolute Gasteiger partial charge is 0.407 e. The lowest BCUT2D eigenvalue weighted by atomic mass is 10.1. The van der Waals surface area contributed by atoms with Crippen LogP contribution in [0.2, 0.25) is 0 Å². The molecular weight excluding hydrogens is 254 g/mol. The highest BCUT2D eigenvalue weighted by Gasteiger charge is 2.21. The van der Waals surface area contributed by atoms with Crippen molar-refractivity contribution in [2.75, 3.05) is 0 Å². The Morgan fingerprint density at radius 1 is 1.20 bits per heavy atom. The fourth-order valence-electron chi connectivity index (χ4n) is 1.73. The Morgan fingerprint density at radius 2 is 1.80 bits per heavy atom. The third-order valence-corrected chi connectivity index (χ3v) is 2.80. The minimum atomic E-state index is -0.425. The lowest BCUT2D eigenvalue weighted by Gasteiger charge is -2.29. The molecule has 1 N–H and O–H groups in total. The van der Waals surface area contributed by atoms with Crippen LogP contribution in [0.25, 0.3) is 0 Å². The zero-order valence-corrected chi connectivity index (χ0v) is 13.0. The number of benzene rings is 1. The van der Waals surface area contributed by atoms with Gasteiger partial charge >= 0.3 is 6.09 Å². The first-order valence-electron chi connectivity index (χ1n) is 6.93. The summed E-state index contributed by atoms with van der Waals surface area (Å²) in [6.45, 7) is 10.1. The van der Waals surface area contributed by atoms with Gasteiger partial charge in [-0.25, -0.2) is 4.79 Å². The Bertz CT molecular complexity index is 411. The van der Waals surface area contributed by atoms with Crippen molar-refractivity contribution in [3.8, 4) is 0 Å². The maximum absolute atomic E-state index is 11.7. The molecule has 0 radical (unpaired) electrons. The van der Waals surface area contributed by atoms with Crippen molar-refractivity contribution in [1.29, 1.82) is 0 Å². The Hall–Kier alpha value is -1.55. The van der Waals surface area contributed by atoms with Crippen LogP contribution in [-0.4, -0.2) is 23.8 Å². The van der Waals surface area contributed by atoms with Crippen LogP contribution in [0.5, 0.6) is 0 Å². The zero-order valence-electron chi connectivity index (χ0n) is 13.0. The third-order valence-electron chi connectivity index (χ3n) is 2.80. The molecular formula is C16H25NO3. The number of hydrogen-bond donors (Lipinski definition) is 1. The number of alkyl carbamates (subject to hydrolysis) is 1. The lowest BCUT2D eigenvalue weighted by molar-refractivity contribution is -0.0633. The monoisotopic (exact) mass is 279 g/mol. The molecule has 0 aliphatic heterocycles. The van der Waals surface area contributed by atoms with Crippen LogP contribution in [0.3, 0.4) is 0 Å². The standard InChI is InChI=1S/C16H25NO3/c1-12(13(2)20-16(3,4)5)17-15(18)19-11-14-9-7-6-8-10-14/h6-10,12-13H,11H2,1-5H3,(H,17,18)/t12-,13+/m1/s1. The van der Waals surface area contributed by atoms with E-state index in [0.717, 1.165) is 5.56 Å². The van der Waals surface area contributed by atoms with Gasteiger partial charge in [-0.15, -0.1) is 0 Å². The average molecular weight is 279 g/mol. The van der Waals surface area contributed by atoms with Crippen LogP contribution in [0.4, 0.5) is 4.79 Å². The van der Waals surface area contributed by atoms with E-state index in [1.165, 1.54) is 0 Å². The second-order valence-corrected chi connectivity index (χ2v) is 5.93. The molecule has 1 aromatic rings. The van der Waals surface area contributed by atoms with Crippen molar-refractivity contribution in [2.45, 2.75) is 59.0 Å². The van der Waals surface area contributed by atoms with E-state index in [1.54, 1.807) is 0 Å². The SMILES string of the molecule is C[C@H](OC(C)(C)C)[C@@H](C)NC(=O)OCc1ccccc1. The highest BCUT2D eigenvalue weighted by Crippen LogP contribution is 2.13. The predicted molar refractivity (Wildman–Crippen MR) is 79.5 cm³/mol. The van der Waals surface area contributed by atoms with Crippen molar-refractivity contribution < 1.29 is 14.3 Å². The van der Waals surface area contributed by atoms with E-state index in [1.807, 2.05) is 65.0 Å². The van der Waals surface area contributed by atoms with Gasteiger partial charge in [0.25, 0.3) is 0 Å². The second kappa shape index (κ2) is 7.29. The molecule has 4 heteroatoms. The number of ether oxygens (including phenoxy) is 2. The van der Waals surface area contributed by atoms with Gasteiger partial charge in [-0.2, -0.15) is 0 Å². The number of carbonyl (C=O) groups excluding carboxylic acids is 1. The predicted octanol–water partition coefficient (Wildman–Crippen LogP) is 3.50. The molecule has 0 spiro atoms. The van der Waals surface area contributed by atoms with Crippen LogP contribution in [-0.2, 0) is 16.1 Å². The normalized spacial score (nSPS) is 14.4. The first-order chi connectivity index (χ1) is 9.28. The molecule has 1 aromatic carbocycles. The molecule has 4 nitrogen and oxygen atoms in total. The van der Waals surface area contributed by atoms with E-state index in [0.29, 0.717) is 0 Å². The Morgan fingerprint density at radius 3 is 2.35 bits per heavy atom. The molecule has 0 saturated carbocycles. The molecule has 0 aliphatic carbocycles. The number of nitrogens with one attached hydrogen (secondary N) is 1. The van der Waals surface area contributed by atoms with Crippen LogP contribution >= 0.6 is 0 Å². The first-order valence-corrected chi connectivity index (χ1v) is 6.93. The minimum Gasteiger partial charge on any atom is -0.445 e. The summed E-state index contributed by atoms with van der Waals surface area (Å²) in [5.41, 5.74) is 0.734. The topological polar surface area (TPSA) is 47.6 Å². The van der Waals surface area contributed by atoms with Crippen LogP contribution < -0.4 is 5.32 Å². The van der Waals surface area contributed by atoms with Crippen molar-refractivity contribution in [3.63, 3.8) is 0 Å². The minimum absolute atomic E-state index is 0.0840. The third kappa shape index (κ3) is 6.57. The molecule has 0 saturated heterocycles. The summed E-state index contributed by atoms with van der Waals surface area (Å²) in [6, 6.07) is 9.48. The highest BCUT2D eigenvalue weighted by molar-refractivity contribution is 5.67. The van der Waals surface area contributed by atoms with Crippen LogP contribution in [0.15, 0.2) is 30.3 Å². The average Bonchev–Trinajstić information content (AvgIpc) is 2.35. The van der Waals surface area contributed by atoms with Gasteiger partial charge in [0.2, 0.25) is 0 Å². The molecule has 0 heterocycles. The molecule has 112 valence electrons. The van der Waals surface area contributed by atoms with Crippen molar-refractivity contribution >= 4 is 6.09 Å². The van der Waals surface area contributed by atoms with Gasteiger partial charge in [0.1, 0.15) is 6.61 Å². The summed E-state index contributed by atoms with van der Waals surface area (Å²) < 4.78 is 11.0. The molecule has 0 aliphatic rings. The number of carbonyl (C=O) groups is 1. The fourth-order valence-corrected chi connectivity index (χ4v) is 1.73. The molecule has 1 amide bonds. The van der Waals surface area contributed by atoms with E-state index < -0.39 is 6.09 Å². The highest BCUT2D eigenvalue weighted by atomic mass is 16.5. The molecule has 0 aromatic heterocycles. The first kappa shape index (κ1) is 16.5. The van der Waals surface area contributed by atoms with E-state index in [2.05, 4.69) is 5.32 Å². The van der Waals surface area contributed by atoms with Gasteiger partial charge < -0.3 is 14.8 Å². The van der Waals surface area contributed by atoms with E-state index >= 15 is 0 Å². The Kier molecular flexibility index (Phi) is 6.02. The van der Waals surface area contributed by atoms with Crippen LogP contribution in [0.1, 0.15) is 40.2 Å². The van der Waals surface area contributed by atoms with Gasteiger partial charge in [0, 0.05) is 0 Å². The summed E-state index contributed by atoms with van der Waals surface area (Å²) >= 11 is 0. The van der Waals surface area contributed by atoms with Gasteiger partial charge in [-0.05, 0) is 40.2 Å². The van der Waals surface area contributed by atoms with E-state index in [9.17, 15) is 4.79 Å². The van der Waals surface area contributed by atoms with Gasteiger partial charge in [-0.1, -0.05) is 30.3 Å². The molecule has 1 rings (SSSR count). The maximum atomic E-state index is 11.7. The molecule has 0 bridgehead atoms. The summed E-state index contributed by atoms with van der Waals surface area (Å²) in [5, 5.41) is 2.79. The largest absolute Gasteiger partial charge is 0.445 e. The zero-order chi connectivity index (χ0) is 15.2. The van der Waals surface area contributed by atoms with Crippen molar-refractivity contribution in [2.24, 2.45) is 0 Å². The van der Waals surface area contributed by atoms with Crippen molar-refractivity contribution in [1.82, 2.24) is 5.32 Å². The lowest BCUT2D eigenvalue weighted by Crippen LogP contribution is -2.43. The summed E-state index contributed by atoms with van der Waals surface area (Å²) in [5.74, 6) is 0. The molecule has 2 atom stereocenters. The fraction of sp³-hybridized carbons (Fsp3) is 0.562. The summed E-state index contributed by atoms with van der Waals surface area (Å²) in [7, 11) is 0. The van der Waals surface area contributed by atoms with Crippen molar-refractivity contribution in [3.05, 3.63) is 35.9 Å². The van der Waals surface area contributed by atoms with E-state index in [-0.39, 0.29) is 24.4 Å². The van der Waals surface area contributed by atoms with Gasteiger partial charge in [-0.3, -0.25) is 0 Å². The number of amides is 1. The quantitative estimate of drug-likeness (QED) is 0.897. The number of hydrogen-bond acceptors (Lipinski definition) is 3. The van der Waals surface area contributed by atoms with Gasteiger partial charge in [0.15, 0.2) is 0 Å². The van der Waals surface area contributed by atoms with Crippen LogP contribution in [0, 0.1) is 0 Å². The second-order valence-electron chi connectivity index (χ2n) is 5.93. The molecule has 0 fully saturated rings.